The molecule has 0 aliphatic rings. The molecule has 0 aromatic carbocycles. The van der Waals surface area contributed by atoms with Crippen LogP contribution < -0.4 is 5.73 Å². The van der Waals surface area contributed by atoms with Crippen molar-refractivity contribution in [3.8, 4) is 0 Å². The van der Waals surface area contributed by atoms with Gasteiger partial charge in [-0.05, 0) is 19.8 Å². The number of H-pyrrole nitrogens is 1. The second-order valence-electron chi connectivity index (χ2n) is 3.90. The largest absolute Gasteiger partial charge is 0.382 e. The number of anilines is 1. The van der Waals surface area contributed by atoms with Gasteiger partial charge in [-0.15, -0.1) is 6.58 Å². The van der Waals surface area contributed by atoms with Crippen LogP contribution in [0.4, 0.5) is 5.82 Å². The third-order valence-electron chi connectivity index (χ3n) is 2.27. The maximum Gasteiger partial charge on any atom is 0.191 e. The first kappa shape index (κ1) is 11.9. The quantitative estimate of drug-likeness (QED) is 0.368. The zero-order chi connectivity index (χ0) is 12.3. The molecule has 17 heavy (non-hydrogen) atoms. The summed E-state index contributed by atoms with van der Waals surface area (Å²) in [6.07, 6.45) is 3.68. The van der Waals surface area contributed by atoms with E-state index in [1.807, 2.05) is 6.92 Å². The van der Waals surface area contributed by atoms with Crippen LogP contribution in [0, 0.1) is 0 Å². The predicted octanol–water partition coefficient (Wildman–Crippen LogP) is 2.38. The third-order valence-corrected chi connectivity index (χ3v) is 3.21. The van der Waals surface area contributed by atoms with Gasteiger partial charge in [0.25, 0.3) is 0 Å². The highest BCUT2D eigenvalue weighted by Crippen LogP contribution is 2.21. The van der Waals surface area contributed by atoms with Crippen LogP contribution in [0.2, 0.25) is 0 Å². The molecular formula is C11H15N5S. The second kappa shape index (κ2) is 5.18. The van der Waals surface area contributed by atoms with Gasteiger partial charge < -0.3 is 10.7 Å². The number of hydrogen-bond donors (Lipinski definition) is 2. The predicted molar refractivity (Wildman–Crippen MR) is 70.9 cm³/mol. The molecule has 0 bridgehead atoms. The molecular weight excluding hydrogens is 234 g/mol. The number of allylic oxidation sites excluding steroid dienone is 1. The Morgan fingerprint density at radius 3 is 3.12 bits per heavy atom. The lowest BCUT2D eigenvalue weighted by Gasteiger charge is -2.01. The summed E-state index contributed by atoms with van der Waals surface area (Å²) in [5.74, 6) is 1.41. The summed E-state index contributed by atoms with van der Waals surface area (Å²) in [6, 6.07) is 0. The second-order valence-corrected chi connectivity index (χ2v) is 4.96. The van der Waals surface area contributed by atoms with E-state index < -0.39 is 0 Å². The van der Waals surface area contributed by atoms with E-state index in [1.54, 1.807) is 18.1 Å². The van der Waals surface area contributed by atoms with Crippen molar-refractivity contribution in [3.63, 3.8) is 0 Å². The monoisotopic (exact) mass is 249 g/mol. The van der Waals surface area contributed by atoms with Gasteiger partial charge >= 0.3 is 0 Å². The molecule has 6 heteroatoms. The van der Waals surface area contributed by atoms with E-state index in [-0.39, 0.29) is 0 Å². The van der Waals surface area contributed by atoms with E-state index in [2.05, 4.69) is 26.5 Å². The summed E-state index contributed by atoms with van der Waals surface area (Å²) in [5.41, 5.74) is 8.34. The maximum atomic E-state index is 5.80. The molecule has 0 aliphatic heterocycles. The third kappa shape index (κ3) is 2.97. The number of imidazole rings is 1. The van der Waals surface area contributed by atoms with Crippen LogP contribution in [0.1, 0.15) is 19.8 Å². The summed E-state index contributed by atoms with van der Waals surface area (Å²) >= 11 is 1.60. The molecule has 0 unspecified atom stereocenters. The molecule has 0 amide bonds. The number of thioether (sulfide) groups is 1. The zero-order valence-corrected chi connectivity index (χ0v) is 10.5. The van der Waals surface area contributed by atoms with Crippen molar-refractivity contribution in [3.05, 3.63) is 18.5 Å². The number of aromatic nitrogens is 4. The smallest absolute Gasteiger partial charge is 0.191 e. The van der Waals surface area contributed by atoms with Crippen molar-refractivity contribution in [2.75, 3.05) is 11.5 Å². The van der Waals surface area contributed by atoms with Gasteiger partial charge in [0.05, 0.1) is 6.33 Å². The van der Waals surface area contributed by atoms with E-state index >= 15 is 0 Å². The number of nitrogen functional groups attached to an aromatic ring is 1. The van der Waals surface area contributed by atoms with Crippen LogP contribution in [-0.2, 0) is 0 Å². The molecule has 0 atom stereocenters. The SMILES string of the molecule is C=C(C)CCCSc1nc(N)c2[nH]cnc2n1. The van der Waals surface area contributed by atoms with Crippen LogP contribution in [0.5, 0.6) is 0 Å². The van der Waals surface area contributed by atoms with Gasteiger partial charge in [-0.3, -0.25) is 0 Å². The maximum absolute atomic E-state index is 5.80. The molecule has 0 aliphatic carbocycles. The van der Waals surface area contributed by atoms with Crippen LogP contribution >= 0.6 is 11.8 Å². The average molecular weight is 249 g/mol. The highest BCUT2D eigenvalue weighted by molar-refractivity contribution is 7.99. The molecule has 0 saturated heterocycles. The standard InChI is InChI=1S/C11H15N5S/c1-7(2)4-3-5-17-11-15-9(12)8-10(16-11)14-6-13-8/h6H,1,3-5H2,2H3,(H3,12,13,14,15,16). The molecule has 2 rings (SSSR count). The van der Waals surface area contributed by atoms with Gasteiger partial charge in [0, 0.05) is 5.75 Å². The fraction of sp³-hybridized carbons (Fsp3) is 0.364. The molecule has 5 nitrogen and oxygen atoms in total. The van der Waals surface area contributed by atoms with Crippen molar-refractivity contribution in [1.82, 2.24) is 19.9 Å². The number of fused-ring (bicyclic) bond motifs is 1. The Bertz CT molecular complexity index is 534. The minimum atomic E-state index is 0.454. The lowest BCUT2D eigenvalue weighted by Crippen LogP contribution is -1.97. The Hall–Kier alpha value is -1.56. The van der Waals surface area contributed by atoms with Gasteiger partial charge in [-0.25, -0.2) is 15.0 Å². The Labute approximate surface area is 104 Å². The van der Waals surface area contributed by atoms with E-state index in [4.69, 9.17) is 5.73 Å². The van der Waals surface area contributed by atoms with E-state index in [1.165, 1.54) is 5.57 Å². The van der Waals surface area contributed by atoms with Crippen molar-refractivity contribution >= 4 is 28.7 Å². The van der Waals surface area contributed by atoms with Crippen molar-refractivity contribution < 1.29 is 0 Å². The number of rotatable bonds is 5. The number of nitrogens with one attached hydrogen (secondary N) is 1. The minimum absolute atomic E-state index is 0.454. The molecule has 0 saturated carbocycles. The van der Waals surface area contributed by atoms with Crippen LogP contribution in [0.25, 0.3) is 11.2 Å². The average Bonchev–Trinajstić information content (AvgIpc) is 2.72. The van der Waals surface area contributed by atoms with Crippen LogP contribution in [0.3, 0.4) is 0 Å². The number of nitrogens with zero attached hydrogens (tertiary/aromatic N) is 3. The van der Waals surface area contributed by atoms with E-state index in [0.717, 1.165) is 18.6 Å². The first-order valence-electron chi connectivity index (χ1n) is 5.40. The molecule has 0 spiro atoms. The van der Waals surface area contributed by atoms with Crippen molar-refractivity contribution in [1.29, 1.82) is 0 Å². The van der Waals surface area contributed by atoms with Crippen molar-refractivity contribution in [2.45, 2.75) is 24.9 Å². The van der Waals surface area contributed by atoms with E-state index in [9.17, 15) is 0 Å². The number of hydrogen-bond acceptors (Lipinski definition) is 5. The summed E-state index contributed by atoms with van der Waals surface area (Å²) < 4.78 is 0. The fourth-order valence-corrected chi connectivity index (χ4v) is 2.22. The normalized spacial score (nSPS) is 10.9. The van der Waals surface area contributed by atoms with Gasteiger partial charge in [-0.2, -0.15) is 0 Å². The minimum Gasteiger partial charge on any atom is -0.382 e. The number of aromatic amines is 1. The Morgan fingerprint density at radius 2 is 2.35 bits per heavy atom. The van der Waals surface area contributed by atoms with Gasteiger partial charge in [0.2, 0.25) is 0 Å². The molecule has 2 aromatic rings. The number of nitrogens with two attached hydrogens (primary N) is 1. The summed E-state index contributed by atoms with van der Waals surface area (Å²) in [7, 11) is 0. The molecule has 3 N–H and O–H groups in total. The van der Waals surface area contributed by atoms with Crippen LogP contribution in [0.15, 0.2) is 23.6 Å². The fourth-order valence-electron chi connectivity index (χ4n) is 1.44. The molecule has 0 fully saturated rings. The highest BCUT2D eigenvalue weighted by Gasteiger charge is 2.07. The van der Waals surface area contributed by atoms with Gasteiger partial charge in [0.15, 0.2) is 16.6 Å². The first-order chi connectivity index (χ1) is 8.16. The molecule has 90 valence electrons. The summed E-state index contributed by atoms with van der Waals surface area (Å²) in [5, 5.41) is 0.684. The summed E-state index contributed by atoms with van der Waals surface area (Å²) in [4.78, 5) is 15.5. The lowest BCUT2D eigenvalue weighted by atomic mass is 10.2. The highest BCUT2D eigenvalue weighted by atomic mass is 32.2. The van der Waals surface area contributed by atoms with Gasteiger partial charge in [0.1, 0.15) is 5.52 Å². The van der Waals surface area contributed by atoms with Crippen LogP contribution in [-0.4, -0.2) is 25.7 Å². The Kier molecular flexibility index (Phi) is 3.63. The van der Waals surface area contributed by atoms with E-state index in [0.29, 0.717) is 22.1 Å². The van der Waals surface area contributed by atoms with Gasteiger partial charge in [-0.1, -0.05) is 17.3 Å². The topological polar surface area (TPSA) is 80.5 Å². The lowest BCUT2D eigenvalue weighted by molar-refractivity contribution is 0.912. The Morgan fingerprint density at radius 1 is 1.53 bits per heavy atom. The van der Waals surface area contributed by atoms with Crippen molar-refractivity contribution in [2.24, 2.45) is 0 Å². The Balaban J connectivity index is 2.01. The summed E-state index contributed by atoms with van der Waals surface area (Å²) in [6.45, 7) is 5.91. The zero-order valence-electron chi connectivity index (χ0n) is 9.73. The molecule has 2 heterocycles. The first-order valence-corrected chi connectivity index (χ1v) is 6.39. The molecule has 0 radical (unpaired) electrons. The molecule has 2 aromatic heterocycles.